The largest absolute Gasteiger partial charge is 0.504 e. The Morgan fingerprint density at radius 1 is 1.39 bits per heavy atom. The van der Waals surface area contributed by atoms with Crippen LogP contribution in [-0.4, -0.2) is 96.3 Å². The minimum absolute atomic E-state index is 0.000871. The number of anilines is 1. The number of hydrogen-bond acceptors (Lipinski definition) is 14. The lowest BCUT2D eigenvalue weighted by Gasteiger charge is -2.42. The standard InChI is InChI=1S/C20H25FN4O11/c1-34-13-6-10(2-3-12(13)27)8-24(33)19(31)15(28)14(9-26)36-20(19,32)25-16(22)11(7-23-18(25)30)17(29)35-5-4-21/h2-3,6-7,14-15,26-28,31-33H,4-5,8-9,22H2,1H3/t14-,15-,19-,20+/m1/s1. The Morgan fingerprint density at radius 2 is 2.08 bits per heavy atom. The zero-order chi connectivity index (χ0) is 26.8. The summed E-state index contributed by atoms with van der Waals surface area (Å²) in [6, 6.07) is 3.77. The number of aliphatic hydroxyl groups excluding tert-OH is 2. The van der Waals surface area contributed by atoms with Gasteiger partial charge in [0.05, 0.1) is 26.5 Å². The van der Waals surface area contributed by atoms with Gasteiger partial charge in [-0.2, -0.15) is 0 Å². The van der Waals surface area contributed by atoms with Crippen molar-refractivity contribution in [1.82, 2.24) is 14.6 Å². The van der Waals surface area contributed by atoms with Gasteiger partial charge in [0.2, 0.25) is 5.72 Å². The number of methoxy groups -OCH3 is 1. The molecule has 0 amide bonds. The third kappa shape index (κ3) is 4.35. The summed E-state index contributed by atoms with van der Waals surface area (Å²) in [4.78, 5) is 28.2. The number of carbonyl (C=O) groups is 1. The number of nitrogens with zero attached hydrogens (tertiary/aromatic N) is 3. The fraction of sp³-hybridized carbons (Fsp3) is 0.450. The van der Waals surface area contributed by atoms with Gasteiger partial charge < -0.3 is 50.7 Å². The first-order valence-corrected chi connectivity index (χ1v) is 10.3. The van der Waals surface area contributed by atoms with Gasteiger partial charge >= 0.3 is 17.6 Å². The molecule has 1 fully saturated rings. The summed E-state index contributed by atoms with van der Waals surface area (Å²) in [6.07, 6.45) is -3.38. The number of esters is 1. The first kappa shape index (κ1) is 27.2. The van der Waals surface area contributed by atoms with E-state index in [1.54, 1.807) is 0 Å². The van der Waals surface area contributed by atoms with Crippen molar-refractivity contribution in [2.24, 2.45) is 0 Å². The second-order valence-electron chi connectivity index (χ2n) is 7.68. The SMILES string of the molecule is COc1cc(CN(O)[C@@]2(O)[C@H](O)[C@@H](CO)O[C@]2(O)n2c(N)c(C(=O)OCCF)cnc2=O)ccc1O. The van der Waals surface area contributed by atoms with Crippen molar-refractivity contribution in [3.63, 3.8) is 0 Å². The number of alkyl halides is 1. The lowest BCUT2D eigenvalue weighted by molar-refractivity contribution is -0.413. The van der Waals surface area contributed by atoms with Crippen LogP contribution in [0, 0.1) is 0 Å². The molecule has 1 aliphatic heterocycles. The summed E-state index contributed by atoms with van der Waals surface area (Å²) in [5.74, 6) is -5.82. The Labute approximate surface area is 201 Å². The molecule has 15 nitrogen and oxygen atoms in total. The highest BCUT2D eigenvalue weighted by Gasteiger charge is 2.70. The maximum Gasteiger partial charge on any atom is 0.353 e. The number of aromatic nitrogens is 2. The molecule has 0 unspecified atom stereocenters. The van der Waals surface area contributed by atoms with Crippen LogP contribution in [0.5, 0.6) is 11.5 Å². The fourth-order valence-corrected chi connectivity index (χ4v) is 3.73. The quantitative estimate of drug-likeness (QED) is 0.105. The average Bonchev–Trinajstić information content (AvgIpc) is 3.05. The van der Waals surface area contributed by atoms with Gasteiger partial charge in [0.15, 0.2) is 11.5 Å². The molecule has 0 bridgehead atoms. The molecule has 1 aromatic carbocycles. The number of phenols is 1. The molecule has 4 atom stereocenters. The number of rotatable bonds is 9. The maximum absolute atomic E-state index is 12.6. The Hall–Kier alpha value is -3.38. The highest BCUT2D eigenvalue weighted by Crippen LogP contribution is 2.44. The van der Waals surface area contributed by atoms with Gasteiger partial charge in [0.1, 0.15) is 36.9 Å². The van der Waals surface area contributed by atoms with Crippen LogP contribution in [0.15, 0.2) is 29.2 Å². The van der Waals surface area contributed by atoms with Crippen LogP contribution < -0.4 is 16.2 Å². The van der Waals surface area contributed by atoms with Crippen molar-refractivity contribution in [2.45, 2.75) is 30.4 Å². The minimum Gasteiger partial charge on any atom is -0.504 e. The van der Waals surface area contributed by atoms with Gasteiger partial charge in [0, 0.05) is 0 Å². The van der Waals surface area contributed by atoms with Crippen LogP contribution in [0.1, 0.15) is 15.9 Å². The number of phenolic OH excluding ortho intramolecular Hbond substituents is 1. The minimum atomic E-state index is -3.44. The third-order valence-corrected chi connectivity index (χ3v) is 5.56. The van der Waals surface area contributed by atoms with Crippen molar-refractivity contribution in [3.05, 3.63) is 46.0 Å². The van der Waals surface area contributed by atoms with E-state index in [1.165, 1.54) is 25.3 Å². The first-order chi connectivity index (χ1) is 17.0. The fourth-order valence-electron chi connectivity index (χ4n) is 3.73. The van der Waals surface area contributed by atoms with E-state index in [0.717, 1.165) is 0 Å². The molecule has 3 rings (SSSR count). The zero-order valence-corrected chi connectivity index (χ0v) is 18.8. The van der Waals surface area contributed by atoms with Gasteiger partial charge in [-0.25, -0.2) is 23.5 Å². The second kappa shape index (κ2) is 10.3. The van der Waals surface area contributed by atoms with Crippen molar-refractivity contribution < 1.29 is 54.1 Å². The van der Waals surface area contributed by atoms with E-state index in [2.05, 4.69) is 9.72 Å². The summed E-state index contributed by atoms with van der Waals surface area (Å²) in [5, 5.41) is 63.7. The molecule has 0 radical (unpaired) electrons. The number of halogens is 1. The summed E-state index contributed by atoms with van der Waals surface area (Å²) in [6.45, 7) is -3.37. The van der Waals surface area contributed by atoms with E-state index < -0.39 is 73.3 Å². The molecule has 16 heteroatoms. The van der Waals surface area contributed by atoms with E-state index in [-0.39, 0.29) is 26.7 Å². The van der Waals surface area contributed by atoms with Crippen molar-refractivity contribution in [3.8, 4) is 11.5 Å². The normalized spacial score (nSPS) is 25.8. The number of ether oxygens (including phenoxy) is 3. The lowest BCUT2D eigenvalue weighted by atomic mass is 9.99. The smallest absolute Gasteiger partial charge is 0.353 e. The van der Waals surface area contributed by atoms with Gasteiger partial charge in [-0.3, -0.25) is 0 Å². The number of hydrogen-bond donors (Lipinski definition) is 7. The Morgan fingerprint density at radius 3 is 2.69 bits per heavy atom. The van der Waals surface area contributed by atoms with Gasteiger partial charge in [0.25, 0.3) is 0 Å². The predicted molar refractivity (Wildman–Crippen MR) is 114 cm³/mol. The summed E-state index contributed by atoms with van der Waals surface area (Å²) in [5.41, 5.74) is 0.686. The zero-order valence-electron chi connectivity index (χ0n) is 18.8. The number of nitrogens with two attached hydrogens (primary N) is 1. The van der Waals surface area contributed by atoms with E-state index in [0.29, 0.717) is 6.20 Å². The Bertz CT molecular complexity index is 1180. The van der Waals surface area contributed by atoms with Crippen LogP contribution in [0.2, 0.25) is 0 Å². The molecule has 2 heterocycles. The van der Waals surface area contributed by atoms with E-state index in [9.17, 15) is 44.7 Å². The van der Waals surface area contributed by atoms with Gasteiger partial charge in [-0.1, -0.05) is 6.07 Å². The molecule has 36 heavy (non-hydrogen) atoms. The number of hydroxylamine groups is 2. The summed E-state index contributed by atoms with van der Waals surface area (Å²) >= 11 is 0. The molecule has 1 aromatic heterocycles. The molecule has 1 aliphatic rings. The van der Waals surface area contributed by atoms with Crippen LogP contribution in [0.25, 0.3) is 0 Å². The van der Waals surface area contributed by atoms with Crippen molar-refractivity contribution in [2.75, 3.05) is 32.7 Å². The maximum atomic E-state index is 12.6. The summed E-state index contributed by atoms with van der Waals surface area (Å²) in [7, 11) is 1.26. The molecular formula is C20H25FN4O11. The number of carbonyl (C=O) groups excluding carboxylic acids is 1. The average molecular weight is 516 g/mol. The highest BCUT2D eigenvalue weighted by atomic mass is 19.1. The molecule has 0 aliphatic carbocycles. The van der Waals surface area contributed by atoms with E-state index in [4.69, 9.17) is 15.2 Å². The Kier molecular flexibility index (Phi) is 7.79. The van der Waals surface area contributed by atoms with Crippen LogP contribution in [0.4, 0.5) is 10.2 Å². The molecule has 2 aromatic rings. The lowest BCUT2D eigenvalue weighted by Crippen LogP contribution is -2.68. The van der Waals surface area contributed by atoms with Crippen molar-refractivity contribution >= 4 is 11.8 Å². The number of benzene rings is 1. The molecule has 1 saturated heterocycles. The molecule has 198 valence electrons. The van der Waals surface area contributed by atoms with Crippen LogP contribution >= 0.6 is 0 Å². The van der Waals surface area contributed by atoms with E-state index in [1.807, 2.05) is 0 Å². The summed E-state index contributed by atoms with van der Waals surface area (Å²) < 4.78 is 27.2. The van der Waals surface area contributed by atoms with Gasteiger partial charge in [-0.05, 0) is 17.7 Å². The number of aromatic hydroxyl groups is 1. The Balaban J connectivity index is 2.13. The van der Waals surface area contributed by atoms with E-state index >= 15 is 0 Å². The molecule has 8 N–H and O–H groups in total. The predicted octanol–water partition coefficient (Wildman–Crippen LogP) is -2.40. The molecule has 0 saturated carbocycles. The van der Waals surface area contributed by atoms with Gasteiger partial charge in [-0.15, -0.1) is 5.06 Å². The second-order valence-corrected chi connectivity index (χ2v) is 7.68. The number of aliphatic hydroxyl groups is 4. The monoisotopic (exact) mass is 516 g/mol. The van der Waals surface area contributed by atoms with Crippen LogP contribution in [0.3, 0.4) is 0 Å². The first-order valence-electron chi connectivity index (χ1n) is 10.3. The highest BCUT2D eigenvalue weighted by molar-refractivity contribution is 5.93. The molecule has 0 spiro atoms. The third-order valence-electron chi connectivity index (χ3n) is 5.56. The number of nitrogen functional groups attached to an aromatic ring is 1. The topological polar surface area (TPSA) is 230 Å². The van der Waals surface area contributed by atoms with Crippen LogP contribution in [-0.2, 0) is 21.9 Å². The van der Waals surface area contributed by atoms with Crippen molar-refractivity contribution in [1.29, 1.82) is 0 Å². The molecular weight excluding hydrogens is 491 g/mol.